The zero-order valence-electron chi connectivity index (χ0n) is 21.2. The molecule has 0 unspecified atom stereocenters. The van der Waals surface area contributed by atoms with E-state index in [0.717, 1.165) is 24.1 Å². The third-order valence-corrected chi connectivity index (χ3v) is 6.64. The number of pyridine rings is 1. The van der Waals surface area contributed by atoms with Crippen LogP contribution in [-0.2, 0) is 0 Å². The highest BCUT2D eigenvalue weighted by Gasteiger charge is 2.31. The van der Waals surface area contributed by atoms with E-state index in [-0.39, 0.29) is 17.6 Å². The molecule has 0 saturated carbocycles. The number of aromatic nitrogens is 1. The number of carbonyl (C=O) groups is 2. The molecule has 0 radical (unpaired) electrons. The lowest BCUT2D eigenvalue weighted by atomic mass is 9.98. The molecule has 1 aromatic heterocycles. The molecule has 0 bridgehead atoms. The number of anilines is 2. The van der Waals surface area contributed by atoms with Crippen molar-refractivity contribution in [2.45, 2.75) is 45.6 Å². The summed E-state index contributed by atoms with van der Waals surface area (Å²) in [6.07, 6.45) is 3.24. The molecule has 1 saturated heterocycles. The lowest BCUT2D eigenvalue weighted by Crippen LogP contribution is -2.40. The number of likely N-dealkylation sites (tertiary alicyclic amines) is 1. The van der Waals surface area contributed by atoms with Crippen molar-refractivity contribution in [2.24, 2.45) is 0 Å². The van der Waals surface area contributed by atoms with Gasteiger partial charge < -0.3 is 20.6 Å². The minimum Gasteiger partial charge on any atom is -0.478 e. The topological polar surface area (TPSA) is 94.6 Å². The van der Waals surface area contributed by atoms with Crippen LogP contribution in [0.2, 0.25) is 0 Å². The third kappa shape index (κ3) is 5.80. The Hall–Kier alpha value is -4.20. The number of hydrogen-bond acceptors (Lipinski definition) is 4. The molecule has 37 heavy (non-hydrogen) atoms. The van der Waals surface area contributed by atoms with Crippen LogP contribution in [0.5, 0.6) is 0 Å². The lowest BCUT2D eigenvalue weighted by molar-refractivity contribution is 0.0692. The SMILES string of the molecule is C=C(Nc1ccc(-c2ccc(C(=O)O)c(F)c2)cn1)[C@H]1CCCN1C(=O)Nc1ccc(C(C)C)c(C)c1. The van der Waals surface area contributed by atoms with Gasteiger partial charge in [0.2, 0.25) is 0 Å². The summed E-state index contributed by atoms with van der Waals surface area (Å²) < 4.78 is 14.1. The van der Waals surface area contributed by atoms with Gasteiger partial charge in [0.15, 0.2) is 0 Å². The Morgan fingerprint density at radius 3 is 2.49 bits per heavy atom. The maximum Gasteiger partial charge on any atom is 0.338 e. The predicted molar refractivity (Wildman–Crippen MR) is 143 cm³/mol. The van der Waals surface area contributed by atoms with Crippen molar-refractivity contribution < 1.29 is 19.1 Å². The number of hydrogen-bond donors (Lipinski definition) is 3. The molecule has 1 atom stereocenters. The van der Waals surface area contributed by atoms with Gasteiger partial charge in [-0.1, -0.05) is 32.6 Å². The van der Waals surface area contributed by atoms with E-state index in [1.807, 2.05) is 12.1 Å². The van der Waals surface area contributed by atoms with Crippen LogP contribution < -0.4 is 10.6 Å². The van der Waals surface area contributed by atoms with Gasteiger partial charge in [0.1, 0.15) is 11.6 Å². The second-order valence-corrected chi connectivity index (χ2v) is 9.59. The van der Waals surface area contributed by atoms with Crippen molar-refractivity contribution in [3.05, 3.63) is 89.5 Å². The molecular weight excluding hydrogens is 471 g/mol. The molecule has 3 aromatic rings. The molecule has 4 rings (SSSR count). The van der Waals surface area contributed by atoms with Crippen LogP contribution in [0.3, 0.4) is 0 Å². The average Bonchev–Trinajstić information content (AvgIpc) is 3.34. The van der Waals surface area contributed by atoms with Gasteiger partial charge in [-0.15, -0.1) is 0 Å². The van der Waals surface area contributed by atoms with Gasteiger partial charge in [-0.3, -0.25) is 0 Å². The quantitative estimate of drug-likeness (QED) is 0.337. The summed E-state index contributed by atoms with van der Waals surface area (Å²) in [5.74, 6) is -1.15. The van der Waals surface area contributed by atoms with Crippen LogP contribution in [0.1, 0.15) is 54.1 Å². The van der Waals surface area contributed by atoms with Crippen LogP contribution in [0.15, 0.2) is 67.0 Å². The molecule has 1 fully saturated rings. The molecule has 8 heteroatoms. The summed E-state index contributed by atoms with van der Waals surface area (Å²) in [4.78, 5) is 30.3. The highest BCUT2D eigenvalue weighted by atomic mass is 19.1. The second-order valence-electron chi connectivity index (χ2n) is 9.59. The molecule has 2 amide bonds. The molecule has 7 nitrogen and oxygen atoms in total. The number of urea groups is 1. The number of aromatic carboxylic acids is 1. The maximum atomic E-state index is 14.1. The van der Waals surface area contributed by atoms with Crippen molar-refractivity contribution in [3.63, 3.8) is 0 Å². The number of halogens is 1. The zero-order valence-corrected chi connectivity index (χ0v) is 21.2. The van der Waals surface area contributed by atoms with Gasteiger partial charge in [-0.05, 0) is 78.8 Å². The first kappa shape index (κ1) is 25.9. The van der Waals surface area contributed by atoms with Crippen molar-refractivity contribution in [2.75, 3.05) is 17.2 Å². The van der Waals surface area contributed by atoms with Crippen molar-refractivity contribution in [1.29, 1.82) is 0 Å². The molecule has 1 aliphatic rings. The Kier molecular flexibility index (Phi) is 7.57. The van der Waals surface area contributed by atoms with Gasteiger partial charge in [0.05, 0.1) is 11.6 Å². The minimum absolute atomic E-state index is 0.169. The Bertz CT molecular complexity index is 1340. The first-order valence-corrected chi connectivity index (χ1v) is 12.3. The largest absolute Gasteiger partial charge is 0.478 e. The number of benzene rings is 2. The Labute approximate surface area is 216 Å². The summed E-state index contributed by atoms with van der Waals surface area (Å²) in [6, 6.07) is 13.1. The number of amides is 2. The van der Waals surface area contributed by atoms with Crippen LogP contribution in [0.4, 0.5) is 20.7 Å². The predicted octanol–water partition coefficient (Wildman–Crippen LogP) is 6.64. The molecule has 2 aromatic carbocycles. The summed E-state index contributed by atoms with van der Waals surface area (Å²) in [5, 5.41) is 15.2. The standard InChI is InChI=1S/C29H31FN4O3/c1-17(2)23-11-9-22(14-18(23)3)33-29(37)34-13-5-6-26(34)19(4)32-27-12-8-21(16-31-27)20-7-10-24(28(35)36)25(30)15-20/h7-12,14-17,26H,4-6,13H2,1-3H3,(H,31,32)(H,33,37)(H,35,36)/t26-/m1/s1. The van der Waals surface area contributed by atoms with Gasteiger partial charge in [-0.2, -0.15) is 0 Å². The van der Waals surface area contributed by atoms with E-state index in [2.05, 4.69) is 49.0 Å². The Morgan fingerprint density at radius 1 is 1.11 bits per heavy atom. The summed E-state index contributed by atoms with van der Waals surface area (Å²) in [5.41, 5.74) is 4.63. The second kappa shape index (κ2) is 10.8. The first-order chi connectivity index (χ1) is 17.6. The molecule has 0 aliphatic carbocycles. The summed E-state index contributed by atoms with van der Waals surface area (Å²) >= 11 is 0. The molecule has 192 valence electrons. The number of nitrogens with zero attached hydrogens (tertiary/aromatic N) is 2. The average molecular weight is 503 g/mol. The van der Waals surface area contributed by atoms with Gasteiger partial charge in [-0.25, -0.2) is 19.0 Å². The third-order valence-electron chi connectivity index (χ3n) is 6.64. The van der Waals surface area contributed by atoms with E-state index in [4.69, 9.17) is 5.11 Å². The molecule has 3 N–H and O–H groups in total. The molecular formula is C29H31FN4O3. The van der Waals surface area contributed by atoms with Crippen LogP contribution in [-0.4, -0.2) is 39.6 Å². The normalized spacial score (nSPS) is 15.1. The molecule has 2 heterocycles. The fourth-order valence-electron chi connectivity index (χ4n) is 4.72. The van der Waals surface area contributed by atoms with Crippen LogP contribution in [0, 0.1) is 12.7 Å². The fourth-order valence-corrected chi connectivity index (χ4v) is 4.72. The monoisotopic (exact) mass is 502 g/mol. The van der Waals surface area contributed by atoms with E-state index in [1.54, 1.807) is 29.3 Å². The highest BCUT2D eigenvalue weighted by molar-refractivity contribution is 5.90. The van der Waals surface area contributed by atoms with Gasteiger partial charge >= 0.3 is 12.0 Å². The van der Waals surface area contributed by atoms with E-state index in [1.165, 1.54) is 17.7 Å². The summed E-state index contributed by atoms with van der Waals surface area (Å²) in [6.45, 7) is 11.1. The molecule has 1 aliphatic heterocycles. The number of nitrogens with one attached hydrogen (secondary N) is 2. The number of rotatable bonds is 7. The van der Waals surface area contributed by atoms with Gasteiger partial charge in [0, 0.05) is 29.7 Å². The zero-order chi connectivity index (χ0) is 26.7. The number of carboxylic acids is 1. The van der Waals surface area contributed by atoms with Crippen LogP contribution in [0.25, 0.3) is 11.1 Å². The Morgan fingerprint density at radius 2 is 1.86 bits per heavy atom. The highest BCUT2D eigenvalue weighted by Crippen LogP contribution is 2.27. The lowest BCUT2D eigenvalue weighted by Gasteiger charge is -2.27. The minimum atomic E-state index is -1.31. The van der Waals surface area contributed by atoms with E-state index < -0.39 is 11.8 Å². The summed E-state index contributed by atoms with van der Waals surface area (Å²) in [7, 11) is 0. The molecule has 0 spiro atoms. The van der Waals surface area contributed by atoms with E-state index >= 15 is 0 Å². The van der Waals surface area contributed by atoms with E-state index in [0.29, 0.717) is 35.1 Å². The van der Waals surface area contributed by atoms with E-state index in [9.17, 15) is 14.0 Å². The Balaban J connectivity index is 1.40. The smallest absolute Gasteiger partial charge is 0.338 e. The van der Waals surface area contributed by atoms with Crippen LogP contribution >= 0.6 is 0 Å². The number of carboxylic acid groups (broad SMARTS) is 1. The number of aryl methyl sites for hydroxylation is 1. The first-order valence-electron chi connectivity index (χ1n) is 12.3. The maximum absolute atomic E-state index is 14.1. The fraction of sp³-hybridized carbons (Fsp3) is 0.276. The van der Waals surface area contributed by atoms with Crippen molar-refractivity contribution >= 4 is 23.5 Å². The van der Waals surface area contributed by atoms with Crippen molar-refractivity contribution in [3.8, 4) is 11.1 Å². The van der Waals surface area contributed by atoms with Crippen molar-refractivity contribution in [1.82, 2.24) is 9.88 Å². The van der Waals surface area contributed by atoms with Gasteiger partial charge in [0.25, 0.3) is 0 Å². The number of carbonyl (C=O) groups excluding carboxylic acids is 1.